The van der Waals surface area contributed by atoms with Crippen molar-refractivity contribution in [1.29, 1.82) is 0 Å². The van der Waals surface area contributed by atoms with Gasteiger partial charge in [-0.05, 0) is 31.9 Å². The van der Waals surface area contributed by atoms with Crippen molar-refractivity contribution < 1.29 is 6.22 Å². The summed E-state index contributed by atoms with van der Waals surface area (Å²) in [6, 6.07) is 7.89. The highest BCUT2D eigenvalue weighted by Crippen LogP contribution is 2.30. The molecule has 1 aliphatic carbocycles. The standard InChI is InChI=1S/C11H13NO.H2/c1-8-2-6-10(7-3-8)12-11(13)9-4-5-9;/h2-3,6-7,9H,4-5H2,1H3,(H,12,13);1H. The average molecular weight is 177 g/mol. The van der Waals surface area contributed by atoms with E-state index in [4.69, 9.17) is 0 Å². The highest BCUT2D eigenvalue weighted by atomic mass is 16.2. The minimum atomic E-state index is 0. The predicted octanol–water partition coefficient (Wildman–Crippen LogP) is 2.59. The Morgan fingerprint density at radius 3 is 2.54 bits per heavy atom. The third kappa shape index (κ3) is 2.08. The molecule has 0 atom stereocenters. The summed E-state index contributed by atoms with van der Waals surface area (Å²) in [5.41, 5.74) is 2.12. The van der Waals surface area contributed by atoms with E-state index >= 15 is 0 Å². The molecular formula is C11H15NO. The summed E-state index contributed by atoms with van der Waals surface area (Å²) in [5, 5.41) is 2.89. The molecule has 0 bridgehead atoms. The van der Waals surface area contributed by atoms with Gasteiger partial charge in [-0.2, -0.15) is 0 Å². The molecule has 0 aromatic heterocycles. The summed E-state index contributed by atoms with van der Waals surface area (Å²) in [6.07, 6.45) is 2.11. The zero-order valence-corrected chi connectivity index (χ0v) is 7.71. The van der Waals surface area contributed by atoms with Gasteiger partial charge in [0.25, 0.3) is 0 Å². The number of carbonyl (C=O) groups excluding carboxylic acids is 1. The Labute approximate surface area is 79.4 Å². The van der Waals surface area contributed by atoms with Gasteiger partial charge >= 0.3 is 0 Å². The third-order valence-corrected chi connectivity index (χ3v) is 2.27. The summed E-state index contributed by atoms with van der Waals surface area (Å²) < 4.78 is 0. The molecule has 1 amide bonds. The van der Waals surface area contributed by atoms with E-state index in [2.05, 4.69) is 5.32 Å². The maximum Gasteiger partial charge on any atom is 0.227 e. The fourth-order valence-corrected chi connectivity index (χ4v) is 1.23. The van der Waals surface area contributed by atoms with Crippen LogP contribution in [0.3, 0.4) is 0 Å². The first-order chi connectivity index (χ1) is 6.25. The third-order valence-electron chi connectivity index (χ3n) is 2.27. The molecule has 1 N–H and O–H groups in total. The van der Waals surface area contributed by atoms with Crippen molar-refractivity contribution in [3.05, 3.63) is 29.8 Å². The Hall–Kier alpha value is -1.31. The van der Waals surface area contributed by atoms with Gasteiger partial charge in [0.15, 0.2) is 0 Å². The zero-order valence-electron chi connectivity index (χ0n) is 7.71. The normalized spacial score (nSPS) is 15.5. The molecule has 2 heteroatoms. The Morgan fingerprint density at radius 1 is 1.38 bits per heavy atom. The molecule has 70 valence electrons. The van der Waals surface area contributed by atoms with Gasteiger partial charge in [-0.3, -0.25) is 4.79 Å². The van der Waals surface area contributed by atoms with E-state index < -0.39 is 0 Å². The summed E-state index contributed by atoms with van der Waals surface area (Å²) in [4.78, 5) is 11.3. The van der Waals surface area contributed by atoms with Crippen LogP contribution in [-0.4, -0.2) is 5.91 Å². The number of hydrogen-bond acceptors (Lipinski definition) is 1. The minimum absolute atomic E-state index is 0. The van der Waals surface area contributed by atoms with Crippen LogP contribution in [0.4, 0.5) is 5.69 Å². The van der Waals surface area contributed by atoms with Gasteiger partial charge in [0, 0.05) is 13.0 Å². The Kier molecular flexibility index (Phi) is 2.05. The molecule has 2 nitrogen and oxygen atoms in total. The van der Waals surface area contributed by atoms with E-state index in [0.29, 0.717) is 0 Å². The van der Waals surface area contributed by atoms with Crippen LogP contribution in [0, 0.1) is 12.8 Å². The van der Waals surface area contributed by atoms with Crippen LogP contribution in [0.1, 0.15) is 19.8 Å². The number of hydrogen-bond donors (Lipinski definition) is 1. The lowest BCUT2D eigenvalue weighted by Gasteiger charge is -2.03. The molecule has 0 heterocycles. The van der Waals surface area contributed by atoms with E-state index in [1.54, 1.807) is 0 Å². The quantitative estimate of drug-likeness (QED) is 0.739. The van der Waals surface area contributed by atoms with E-state index in [9.17, 15) is 4.79 Å². The van der Waals surface area contributed by atoms with E-state index in [1.807, 2.05) is 31.2 Å². The zero-order chi connectivity index (χ0) is 9.26. The van der Waals surface area contributed by atoms with Crippen molar-refractivity contribution in [2.45, 2.75) is 19.8 Å². The molecule has 1 saturated carbocycles. The molecule has 0 aliphatic heterocycles. The minimum Gasteiger partial charge on any atom is -0.326 e. The van der Waals surface area contributed by atoms with Crippen molar-refractivity contribution in [2.75, 3.05) is 5.32 Å². The first-order valence-electron chi connectivity index (χ1n) is 4.63. The topological polar surface area (TPSA) is 29.1 Å². The second-order valence-corrected chi connectivity index (χ2v) is 3.63. The number of aryl methyl sites for hydroxylation is 1. The van der Waals surface area contributed by atoms with Crippen molar-refractivity contribution in [3.8, 4) is 0 Å². The van der Waals surface area contributed by atoms with Gasteiger partial charge < -0.3 is 5.32 Å². The highest BCUT2D eigenvalue weighted by molar-refractivity contribution is 5.93. The van der Waals surface area contributed by atoms with Gasteiger partial charge in [-0.15, -0.1) is 0 Å². The van der Waals surface area contributed by atoms with Gasteiger partial charge in [0.2, 0.25) is 5.91 Å². The van der Waals surface area contributed by atoms with E-state index in [-0.39, 0.29) is 13.3 Å². The lowest BCUT2D eigenvalue weighted by atomic mass is 10.2. The van der Waals surface area contributed by atoms with E-state index in [0.717, 1.165) is 18.5 Å². The lowest BCUT2D eigenvalue weighted by Crippen LogP contribution is -2.12. The summed E-state index contributed by atoms with van der Waals surface area (Å²) in [6.45, 7) is 2.03. The Bertz CT molecular complexity index is 317. The summed E-state index contributed by atoms with van der Waals surface area (Å²) in [7, 11) is 0. The Morgan fingerprint density at radius 2 is 2.00 bits per heavy atom. The van der Waals surface area contributed by atoms with Crippen LogP contribution in [0.2, 0.25) is 0 Å². The smallest absolute Gasteiger partial charge is 0.227 e. The monoisotopic (exact) mass is 177 g/mol. The number of rotatable bonds is 2. The van der Waals surface area contributed by atoms with Crippen LogP contribution in [-0.2, 0) is 4.79 Å². The van der Waals surface area contributed by atoms with Crippen molar-refractivity contribution in [1.82, 2.24) is 0 Å². The summed E-state index contributed by atoms with van der Waals surface area (Å²) >= 11 is 0. The maximum absolute atomic E-state index is 11.3. The second-order valence-electron chi connectivity index (χ2n) is 3.63. The lowest BCUT2D eigenvalue weighted by molar-refractivity contribution is -0.117. The van der Waals surface area contributed by atoms with Crippen LogP contribution in [0.25, 0.3) is 0 Å². The highest BCUT2D eigenvalue weighted by Gasteiger charge is 2.29. The van der Waals surface area contributed by atoms with Crippen LogP contribution >= 0.6 is 0 Å². The molecule has 1 fully saturated rings. The van der Waals surface area contributed by atoms with Crippen LogP contribution in [0.5, 0.6) is 0 Å². The molecule has 0 unspecified atom stereocenters. The van der Waals surface area contributed by atoms with Gasteiger partial charge in [0.05, 0.1) is 0 Å². The molecule has 1 aromatic carbocycles. The molecule has 0 spiro atoms. The van der Waals surface area contributed by atoms with Crippen molar-refractivity contribution in [3.63, 3.8) is 0 Å². The molecular weight excluding hydrogens is 162 g/mol. The molecule has 0 radical (unpaired) electrons. The SMILES string of the molecule is Cc1ccc(NC(=O)C2CC2)cc1.[HH]. The molecule has 1 aliphatic rings. The van der Waals surface area contributed by atoms with Gasteiger partial charge in [-0.25, -0.2) is 0 Å². The van der Waals surface area contributed by atoms with Gasteiger partial charge in [0.1, 0.15) is 0 Å². The van der Waals surface area contributed by atoms with E-state index in [1.165, 1.54) is 5.56 Å². The number of nitrogens with one attached hydrogen (secondary N) is 1. The number of carbonyl (C=O) groups is 1. The van der Waals surface area contributed by atoms with Crippen LogP contribution < -0.4 is 5.32 Å². The number of benzene rings is 1. The molecule has 0 saturated heterocycles. The fourth-order valence-electron chi connectivity index (χ4n) is 1.23. The van der Waals surface area contributed by atoms with Crippen molar-refractivity contribution >= 4 is 11.6 Å². The number of amides is 1. The second kappa shape index (κ2) is 3.21. The fraction of sp³-hybridized carbons (Fsp3) is 0.364. The first-order valence-corrected chi connectivity index (χ1v) is 4.63. The predicted molar refractivity (Wildman–Crippen MR) is 54.6 cm³/mol. The van der Waals surface area contributed by atoms with Crippen LogP contribution in [0.15, 0.2) is 24.3 Å². The first kappa shape index (κ1) is 8.30. The number of anilines is 1. The summed E-state index contributed by atoms with van der Waals surface area (Å²) in [5.74, 6) is 0.449. The van der Waals surface area contributed by atoms with Crippen molar-refractivity contribution in [2.24, 2.45) is 5.92 Å². The largest absolute Gasteiger partial charge is 0.326 e. The van der Waals surface area contributed by atoms with Gasteiger partial charge in [-0.1, -0.05) is 17.7 Å². The molecule has 1 aromatic rings. The molecule has 13 heavy (non-hydrogen) atoms. The molecule has 2 rings (SSSR count). The average Bonchev–Trinajstić information content (AvgIpc) is 2.91. The Balaban J connectivity index is 0.000000980. The maximum atomic E-state index is 11.3.